The molecule has 1 aromatic heterocycles. The zero-order chi connectivity index (χ0) is 19.1. The van der Waals surface area contributed by atoms with Crippen molar-refractivity contribution in [3.63, 3.8) is 0 Å². The van der Waals surface area contributed by atoms with Crippen LogP contribution in [-0.2, 0) is 6.42 Å². The minimum absolute atomic E-state index is 0.0367. The second kappa shape index (κ2) is 7.20. The molecule has 0 radical (unpaired) electrons. The molecule has 7 heteroatoms. The highest BCUT2D eigenvalue weighted by molar-refractivity contribution is 9.10. The summed E-state index contributed by atoms with van der Waals surface area (Å²) in [5.41, 5.74) is 4.04. The van der Waals surface area contributed by atoms with E-state index >= 15 is 0 Å². The summed E-state index contributed by atoms with van der Waals surface area (Å²) < 4.78 is 33.3. The molecule has 27 heavy (non-hydrogen) atoms. The van der Waals surface area contributed by atoms with Crippen molar-refractivity contribution in [2.24, 2.45) is 0 Å². The van der Waals surface area contributed by atoms with E-state index in [4.69, 9.17) is 4.74 Å². The highest BCUT2D eigenvalue weighted by atomic mass is 79.9. The van der Waals surface area contributed by atoms with Crippen LogP contribution >= 0.6 is 15.9 Å². The van der Waals surface area contributed by atoms with Gasteiger partial charge in [0, 0.05) is 21.5 Å². The van der Waals surface area contributed by atoms with E-state index in [-0.39, 0.29) is 18.6 Å². The van der Waals surface area contributed by atoms with E-state index in [0.717, 1.165) is 32.1 Å². The van der Waals surface area contributed by atoms with Crippen LogP contribution < -0.4 is 4.74 Å². The highest BCUT2D eigenvalue weighted by Crippen LogP contribution is 2.44. The van der Waals surface area contributed by atoms with Crippen molar-refractivity contribution in [3.05, 3.63) is 57.7 Å². The fourth-order valence-electron chi connectivity index (χ4n) is 4.12. The van der Waals surface area contributed by atoms with Crippen molar-refractivity contribution in [1.82, 2.24) is 15.1 Å². The van der Waals surface area contributed by atoms with E-state index in [1.807, 2.05) is 48.4 Å². The number of H-pyrrole nitrogens is 1. The van der Waals surface area contributed by atoms with E-state index in [2.05, 4.69) is 26.1 Å². The molecular weight excluding hydrogens is 416 g/mol. The lowest BCUT2D eigenvalue weighted by Crippen LogP contribution is -2.45. The lowest BCUT2D eigenvalue weighted by atomic mass is 9.83. The maximum atomic E-state index is 13.4. The monoisotopic (exact) mass is 435 g/mol. The summed E-state index contributed by atoms with van der Waals surface area (Å²) in [7, 11) is 1.61. The number of fused-ring (bicyclic) bond motifs is 3. The summed E-state index contributed by atoms with van der Waals surface area (Å²) in [4.78, 5) is 1.88. The molecule has 0 bridgehead atoms. The largest absolute Gasteiger partial charge is 0.496 e. The summed E-state index contributed by atoms with van der Waals surface area (Å²) in [5, 5.41) is 8.21. The van der Waals surface area contributed by atoms with Crippen molar-refractivity contribution in [2.45, 2.75) is 31.9 Å². The molecule has 0 fully saturated rings. The number of hydrogen-bond donors (Lipinski definition) is 1. The molecule has 1 unspecified atom stereocenters. The third kappa shape index (κ3) is 3.23. The van der Waals surface area contributed by atoms with E-state index in [9.17, 15) is 8.78 Å². The Kier molecular flexibility index (Phi) is 4.90. The third-order valence-electron chi connectivity index (χ3n) is 5.30. The predicted octanol–water partition coefficient (Wildman–Crippen LogP) is 4.94. The maximum Gasteiger partial charge on any atom is 0.251 e. The van der Waals surface area contributed by atoms with E-state index < -0.39 is 6.43 Å². The topological polar surface area (TPSA) is 41.1 Å². The van der Waals surface area contributed by atoms with Crippen LogP contribution in [0.1, 0.15) is 29.7 Å². The van der Waals surface area contributed by atoms with Gasteiger partial charge in [-0.2, -0.15) is 5.10 Å². The van der Waals surface area contributed by atoms with Gasteiger partial charge in [0.25, 0.3) is 6.43 Å². The number of rotatable bonds is 4. The van der Waals surface area contributed by atoms with Crippen LogP contribution in [0.3, 0.4) is 0 Å². The van der Waals surface area contributed by atoms with Crippen LogP contribution in [-0.4, -0.2) is 41.2 Å². The molecule has 4 rings (SSSR count). The quantitative estimate of drug-likeness (QED) is 0.631. The molecule has 1 aliphatic heterocycles. The fourth-order valence-corrected chi connectivity index (χ4v) is 4.46. The number of ether oxygens (including phenoxy) is 1. The van der Waals surface area contributed by atoms with Gasteiger partial charge in [-0.3, -0.25) is 10.00 Å². The first kappa shape index (κ1) is 18.4. The van der Waals surface area contributed by atoms with Gasteiger partial charge in [-0.05, 0) is 42.7 Å². The molecular formula is C20H20BrF2N3O. The minimum Gasteiger partial charge on any atom is -0.496 e. The first-order valence-corrected chi connectivity index (χ1v) is 9.61. The number of aromatic nitrogens is 2. The number of methoxy groups -OCH3 is 1. The SMILES string of the molecule is COc1cc(Br)ccc1C1c2ccc3[nH]ncc3c2C[C@@H](C)N1CC(F)F. The molecule has 0 saturated heterocycles. The second-order valence-corrected chi connectivity index (χ2v) is 7.81. The first-order valence-electron chi connectivity index (χ1n) is 8.81. The van der Waals surface area contributed by atoms with Crippen LogP contribution in [0.5, 0.6) is 5.75 Å². The zero-order valence-electron chi connectivity index (χ0n) is 15.0. The standard InChI is InChI=1S/C20H20BrF2N3O/c1-11-7-15-13(5-6-17-16(15)9-24-25-17)20(26(11)10-19(22)23)14-4-3-12(21)8-18(14)27-2/h3-6,8-9,11,19-20H,7,10H2,1-2H3,(H,24,25)/t11-,20?/m1/s1. The number of alkyl halides is 2. The Hall–Kier alpha value is -1.99. The molecule has 0 spiro atoms. The molecule has 0 amide bonds. The molecule has 142 valence electrons. The Balaban J connectivity index is 1.94. The smallest absolute Gasteiger partial charge is 0.251 e. The summed E-state index contributed by atoms with van der Waals surface area (Å²) in [6.07, 6.45) is 0.115. The van der Waals surface area contributed by atoms with Crippen molar-refractivity contribution in [3.8, 4) is 5.75 Å². The van der Waals surface area contributed by atoms with Crippen molar-refractivity contribution < 1.29 is 13.5 Å². The molecule has 1 aliphatic rings. The summed E-state index contributed by atoms with van der Waals surface area (Å²) in [5.74, 6) is 0.681. The average molecular weight is 436 g/mol. The van der Waals surface area contributed by atoms with Gasteiger partial charge >= 0.3 is 0 Å². The predicted molar refractivity (Wildman–Crippen MR) is 105 cm³/mol. The highest BCUT2D eigenvalue weighted by Gasteiger charge is 2.37. The summed E-state index contributed by atoms with van der Waals surface area (Å²) in [6.45, 7) is 1.72. The Labute approximate surface area is 164 Å². The van der Waals surface area contributed by atoms with Crippen LogP contribution in [0.4, 0.5) is 8.78 Å². The van der Waals surface area contributed by atoms with Gasteiger partial charge in [-0.25, -0.2) is 8.78 Å². The lowest BCUT2D eigenvalue weighted by molar-refractivity contribution is 0.0460. The Morgan fingerprint density at radius 2 is 2.07 bits per heavy atom. The third-order valence-corrected chi connectivity index (χ3v) is 5.80. The molecule has 4 nitrogen and oxygen atoms in total. The average Bonchev–Trinajstić information content (AvgIpc) is 3.11. The van der Waals surface area contributed by atoms with Crippen molar-refractivity contribution in [1.29, 1.82) is 0 Å². The lowest BCUT2D eigenvalue weighted by Gasteiger charge is -2.42. The van der Waals surface area contributed by atoms with Crippen LogP contribution in [0.15, 0.2) is 41.0 Å². The summed E-state index contributed by atoms with van der Waals surface area (Å²) >= 11 is 3.46. The van der Waals surface area contributed by atoms with E-state index in [1.165, 1.54) is 0 Å². The number of halogens is 3. The molecule has 0 aliphatic carbocycles. The maximum absolute atomic E-state index is 13.4. The molecule has 2 atom stereocenters. The molecule has 0 saturated carbocycles. The molecule has 3 aromatic rings. The Bertz CT molecular complexity index is 975. The minimum atomic E-state index is -2.41. The number of nitrogens with one attached hydrogen (secondary N) is 1. The van der Waals surface area contributed by atoms with Crippen LogP contribution in [0.25, 0.3) is 10.9 Å². The normalized spacial score (nSPS) is 20.2. The first-order chi connectivity index (χ1) is 13.0. The van der Waals surface area contributed by atoms with Gasteiger partial charge in [-0.1, -0.05) is 28.1 Å². The molecule has 1 N–H and O–H groups in total. The summed E-state index contributed by atoms with van der Waals surface area (Å²) in [6, 6.07) is 9.40. The van der Waals surface area contributed by atoms with Gasteiger partial charge in [0.15, 0.2) is 0 Å². The van der Waals surface area contributed by atoms with E-state index in [1.54, 1.807) is 7.11 Å². The molecule has 2 heterocycles. The van der Waals surface area contributed by atoms with Gasteiger partial charge < -0.3 is 4.74 Å². The number of aromatic amines is 1. The van der Waals surface area contributed by atoms with Gasteiger partial charge in [0.05, 0.1) is 31.4 Å². The van der Waals surface area contributed by atoms with Crippen LogP contribution in [0.2, 0.25) is 0 Å². The van der Waals surface area contributed by atoms with E-state index in [0.29, 0.717) is 12.2 Å². The Morgan fingerprint density at radius 3 is 2.81 bits per heavy atom. The number of hydrogen-bond acceptors (Lipinski definition) is 3. The van der Waals surface area contributed by atoms with Gasteiger partial charge in [0.2, 0.25) is 0 Å². The van der Waals surface area contributed by atoms with Crippen molar-refractivity contribution in [2.75, 3.05) is 13.7 Å². The Morgan fingerprint density at radius 1 is 1.30 bits per heavy atom. The van der Waals surface area contributed by atoms with Crippen LogP contribution in [0, 0.1) is 0 Å². The van der Waals surface area contributed by atoms with Gasteiger partial charge in [0.1, 0.15) is 5.75 Å². The number of benzene rings is 2. The van der Waals surface area contributed by atoms with Gasteiger partial charge in [-0.15, -0.1) is 0 Å². The fraction of sp³-hybridized carbons (Fsp3) is 0.350. The van der Waals surface area contributed by atoms with Crippen molar-refractivity contribution >= 4 is 26.8 Å². The second-order valence-electron chi connectivity index (χ2n) is 6.89. The zero-order valence-corrected chi connectivity index (χ0v) is 16.6. The molecule has 2 aromatic carbocycles. The number of nitrogens with zero attached hydrogens (tertiary/aromatic N) is 2.